The van der Waals surface area contributed by atoms with Gasteiger partial charge in [-0.2, -0.15) is 0 Å². The van der Waals surface area contributed by atoms with Gasteiger partial charge in [0, 0.05) is 33.0 Å². The third kappa shape index (κ3) is 36.3. The maximum Gasteiger partial charge on any atom is 0.325 e. The minimum Gasteiger partial charge on any atom is -0.480 e. The Morgan fingerprint density at radius 3 is 1.27 bits per heavy atom. The van der Waals surface area contributed by atoms with Crippen molar-refractivity contribution >= 4 is 94.7 Å². The van der Waals surface area contributed by atoms with Gasteiger partial charge in [0.25, 0.3) is 0 Å². The number of nitrogens with zero attached hydrogens (tertiary/aromatic N) is 2. The fourth-order valence-corrected chi connectivity index (χ4v) is 7.13. The third-order valence-corrected chi connectivity index (χ3v) is 11.8. The molecule has 0 aliphatic heterocycles. The van der Waals surface area contributed by atoms with Crippen LogP contribution in [0.15, 0.2) is 9.98 Å². The number of aliphatic hydroxyl groups is 1. The molecule has 0 aromatic rings. The van der Waals surface area contributed by atoms with Crippen molar-refractivity contribution in [3.8, 4) is 0 Å². The summed E-state index contributed by atoms with van der Waals surface area (Å²) >= 11 is 0. The van der Waals surface area contributed by atoms with Crippen LogP contribution in [0.4, 0.5) is 0 Å². The zero-order valence-corrected chi connectivity index (χ0v) is 48.0. The number of carboxylic acid groups (broad SMARTS) is 1. The number of nitrogens with two attached hydrogens (primary N) is 7. The topological polar surface area (TPSA) is 631 Å². The number of carboxylic acids is 1. The van der Waals surface area contributed by atoms with Gasteiger partial charge >= 0.3 is 5.97 Å². The zero-order chi connectivity index (χ0) is 64.6. The monoisotopic (exact) mass is 1210 g/mol. The second-order valence-electron chi connectivity index (χ2n) is 19.2. The molecule has 0 saturated carbocycles. The Kier molecular flexibility index (Phi) is 38.2. The highest BCUT2D eigenvalue weighted by molar-refractivity contribution is 5.97. The molecule has 0 fully saturated rings. The number of carbonyl (C=O) groups is 14. The molecule has 480 valence electrons. The molecule has 0 aliphatic rings. The first kappa shape index (κ1) is 76.0. The first-order valence-electron chi connectivity index (χ1n) is 27.1. The second kappa shape index (κ2) is 42.8. The highest BCUT2D eigenvalue weighted by Gasteiger charge is 2.31. The number of guanidine groups is 2. The van der Waals surface area contributed by atoms with Gasteiger partial charge in [-0.3, -0.25) is 77.1 Å². The number of hydrogen-bond donors (Lipinski definition) is 21. The summed E-state index contributed by atoms with van der Waals surface area (Å²) in [5, 5.41) is 46.9. The molecule has 0 unspecified atom stereocenters. The van der Waals surface area contributed by atoms with Crippen LogP contribution in [0.5, 0.6) is 0 Å². The maximum atomic E-state index is 13.8. The van der Waals surface area contributed by atoms with E-state index in [2.05, 4.69) is 73.8 Å². The molecule has 85 heavy (non-hydrogen) atoms. The van der Waals surface area contributed by atoms with Crippen LogP contribution in [0, 0.1) is 0 Å². The van der Waals surface area contributed by atoms with Crippen LogP contribution in [0.3, 0.4) is 0 Å². The molecule has 0 bridgehead atoms. The molecular weight excluding hydrogens is 1130 g/mol. The van der Waals surface area contributed by atoms with E-state index in [1.165, 1.54) is 20.8 Å². The predicted octanol–water partition coefficient (Wildman–Crippen LogP) is -10.9. The highest BCUT2D eigenvalue weighted by atomic mass is 16.4. The lowest BCUT2D eigenvalue weighted by atomic mass is 10.1. The summed E-state index contributed by atoms with van der Waals surface area (Å²) in [4.78, 5) is 186. The molecule has 0 heterocycles. The lowest BCUT2D eigenvalue weighted by Crippen LogP contribution is -2.57. The van der Waals surface area contributed by atoms with E-state index >= 15 is 0 Å². The first-order valence-corrected chi connectivity index (χ1v) is 27.1. The van der Waals surface area contributed by atoms with Gasteiger partial charge in [-0.1, -0.05) is 0 Å². The van der Waals surface area contributed by atoms with Crippen LogP contribution in [0.1, 0.15) is 97.8 Å². The van der Waals surface area contributed by atoms with Crippen molar-refractivity contribution in [3.63, 3.8) is 0 Å². The summed E-state index contributed by atoms with van der Waals surface area (Å²) in [7, 11) is 0. The number of aliphatic imine (C=N–C) groups is 2. The van der Waals surface area contributed by atoms with Gasteiger partial charge < -0.3 is 114 Å². The van der Waals surface area contributed by atoms with Crippen LogP contribution in [-0.4, -0.2) is 212 Å². The fraction of sp³-hybridized carbons (Fsp3) is 0.667. The Morgan fingerprint density at radius 2 is 0.824 bits per heavy atom. The van der Waals surface area contributed by atoms with Crippen LogP contribution < -0.4 is 104 Å². The van der Waals surface area contributed by atoms with Crippen LogP contribution in [0.2, 0.25) is 0 Å². The SMILES string of the molecule is CC(=O)NCCCC[C@H](NC(=O)CNC(=O)[C@H](CCCN=C(N)N)NC(=O)CNC(=O)[C@@H](N)CO)C(=O)N[C@@H](CCC(N)=O)C(=O)NCC(=O)NCC(=O)N[C@@H](CCCCN)C(=O)N[C@@H](C)C(=O)N[C@@H](CCCN=C(N)N)C(=O)N[C@@H](C)C(=O)O. The van der Waals surface area contributed by atoms with Crippen molar-refractivity contribution in [1.82, 2.24) is 63.8 Å². The number of carbonyl (C=O) groups excluding carboxylic acids is 13. The molecule has 28 N–H and O–H groups in total. The lowest BCUT2D eigenvalue weighted by Gasteiger charge is -2.24. The number of aliphatic hydroxyl groups excluding tert-OH is 1. The Labute approximate surface area is 490 Å². The Morgan fingerprint density at radius 1 is 0.435 bits per heavy atom. The van der Waals surface area contributed by atoms with E-state index < -0.39 is 171 Å². The Hall–Kier alpha value is -9.00. The number of unbranched alkanes of at least 4 members (excludes halogenated alkanes) is 2. The van der Waals surface area contributed by atoms with E-state index in [-0.39, 0.29) is 89.0 Å². The molecule has 0 radical (unpaired) electrons. The summed E-state index contributed by atoms with van der Waals surface area (Å²) < 4.78 is 0. The molecule has 0 rings (SSSR count). The minimum atomic E-state index is -1.56. The molecule has 0 aromatic carbocycles. The molecule has 0 spiro atoms. The molecule has 8 atom stereocenters. The van der Waals surface area contributed by atoms with Crippen molar-refractivity contribution < 1.29 is 77.3 Å². The standard InChI is InChI=1S/C48H87N21O16/c1-25(39(77)68-32(13-9-19-58-48(54)55)44(82)64-26(2)46(84)85)63-43(81)30(10-4-6-16-49)66-36(74)21-59-35(73)20-61-42(80)33(14-15-34(51)72)69-45(83)31(11-5-7-17-56-27(3)71)67-38(76)23-62-41(79)29(12-8-18-57-47(52)53)65-37(75)22-60-40(78)28(50)24-70/h25-26,28-33,70H,4-24,49-50H2,1-3H3,(H2,51,72)(H,56,71)(H,59,73)(H,60,78)(H,61,80)(H,62,79)(H,63,81)(H,64,82)(H,65,75)(H,66,74)(H,67,76)(H,68,77)(H,69,83)(H,84,85)(H4,52,53,57)(H4,54,55,58)/t25-,26-,28-,29-,30-,31-,32-,33-/m0/s1. The number of hydrogen-bond acceptors (Lipinski definition) is 19. The maximum absolute atomic E-state index is 13.8. The van der Waals surface area contributed by atoms with Crippen LogP contribution >= 0.6 is 0 Å². The first-order chi connectivity index (χ1) is 40.0. The molecule has 0 aliphatic carbocycles. The number of aliphatic carboxylic acids is 1. The Bertz CT molecular complexity index is 2330. The minimum absolute atomic E-state index is 0.0202. The smallest absolute Gasteiger partial charge is 0.325 e. The Balaban J connectivity index is 6.04. The van der Waals surface area contributed by atoms with Crippen LogP contribution in [0.25, 0.3) is 0 Å². The van der Waals surface area contributed by atoms with Gasteiger partial charge in [0.2, 0.25) is 76.8 Å². The van der Waals surface area contributed by atoms with E-state index in [4.69, 9.17) is 45.2 Å². The largest absolute Gasteiger partial charge is 0.480 e. The number of amides is 13. The van der Waals surface area contributed by atoms with Gasteiger partial charge in [0.1, 0.15) is 48.3 Å². The van der Waals surface area contributed by atoms with E-state index in [9.17, 15) is 72.2 Å². The quantitative estimate of drug-likeness (QED) is 0.0153. The molecule has 13 amide bonds. The zero-order valence-electron chi connectivity index (χ0n) is 48.0. The highest BCUT2D eigenvalue weighted by Crippen LogP contribution is 2.07. The molecular formula is C48H87N21O16. The van der Waals surface area contributed by atoms with E-state index in [1.807, 2.05) is 0 Å². The molecule has 0 saturated heterocycles. The fourth-order valence-electron chi connectivity index (χ4n) is 7.13. The summed E-state index contributed by atoms with van der Waals surface area (Å²) in [6.07, 6.45) is 0.598. The third-order valence-electron chi connectivity index (χ3n) is 11.8. The lowest BCUT2D eigenvalue weighted by molar-refractivity contribution is -0.142. The summed E-state index contributed by atoms with van der Waals surface area (Å²) in [6, 6.07) is -10.8. The number of nitrogens with one attached hydrogen (secondary N) is 12. The van der Waals surface area contributed by atoms with Gasteiger partial charge in [-0.05, 0) is 91.0 Å². The number of rotatable bonds is 44. The van der Waals surface area contributed by atoms with Crippen molar-refractivity contribution in [3.05, 3.63) is 0 Å². The summed E-state index contributed by atoms with van der Waals surface area (Å²) in [5.74, 6) is -12.8. The molecule has 37 heteroatoms. The van der Waals surface area contributed by atoms with Gasteiger partial charge in [0.05, 0.1) is 32.8 Å². The normalized spacial score (nSPS) is 13.4. The van der Waals surface area contributed by atoms with Gasteiger partial charge in [-0.15, -0.1) is 0 Å². The summed E-state index contributed by atoms with van der Waals surface area (Å²) in [6.45, 7) is 0.695. The van der Waals surface area contributed by atoms with E-state index in [0.29, 0.717) is 19.3 Å². The van der Waals surface area contributed by atoms with E-state index in [1.54, 1.807) is 0 Å². The number of primary amides is 1. The second-order valence-corrected chi connectivity index (χ2v) is 19.2. The van der Waals surface area contributed by atoms with Crippen molar-refractivity contribution in [2.24, 2.45) is 50.1 Å². The molecule has 0 aromatic heterocycles. The summed E-state index contributed by atoms with van der Waals surface area (Å²) in [5.41, 5.74) is 37.8. The predicted molar refractivity (Wildman–Crippen MR) is 303 cm³/mol. The van der Waals surface area contributed by atoms with Gasteiger partial charge in [-0.25, -0.2) is 0 Å². The van der Waals surface area contributed by atoms with Crippen LogP contribution in [-0.2, 0) is 67.1 Å². The van der Waals surface area contributed by atoms with Crippen molar-refractivity contribution in [1.29, 1.82) is 0 Å². The van der Waals surface area contributed by atoms with Gasteiger partial charge in [0.15, 0.2) is 11.9 Å². The average molecular weight is 1210 g/mol. The van der Waals surface area contributed by atoms with Crippen molar-refractivity contribution in [2.45, 2.75) is 146 Å². The van der Waals surface area contributed by atoms with E-state index in [0.717, 1.165) is 0 Å². The molecule has 37 nitrogen and oxygen atoms in total. The average Bonchev–Trinajstić information content (AvgIpc) is 3.46. The van der Waals surface area contributed by atoms with Crippen molar-refractivity contribution in [2.75, 3.05) is 59.0 Å².